The first-order valence-corrected chi connectivity index (χ1v) is 8.83. The number of hydrogen-bond donors (Lipinski definition) is 3. The standard InChI is InChI=1S/C21H23N3O5/c1-13(23-20(27)17(22)11-15-7-9-16(25)10-8-15)19(26)24-18(21(28)29)12-14-5-3-2-4-6-14/h2-10,17-18,25H,1,11-12,22H2,(H,23,27)(H,24,26)(H,28,29)/p-2/t17-,18-/m0/s1. The lowest BCUT2D eigenvalue weighted by Crippen LogP contribution is -2.51. The van der Waals surface area contributed by atoms with Crippen LogP contribution in [0.25, 0.3) is 0 Å². The summed E-state index contributed by atoms with van der Waals surface area (Å²) in [6.07, 6.45) is 0.169. The summed E-state index contributed by atoms with van der Waals surface area (Å²) in [5.74, 6) is -3.13. The Balaban J connectivity index is 1.90. The van der Waals surface area contributed by atoms with Crippen molar-refractivity contribution in [3.63, 3.8) is 0 Å². The highest BCUT2D eigenvalue weighted by molar-refractivity contribution is 5.99. The molecule has 0 saturated heterocycles. The van der Waals surface area contributed by atoms with Crippen molar-refractivity contribution in [2.45, 2.75) is 24.9 Å². The van der Waals surface area contributed by atoms with Gasteiger partial charge in [0.15, 0.2) is 0 Å². The van der Waals surface area contributed by atoms with Crippen molar-refractivity contribution >= 4 is 17.8 Å². The first-order chi connectivity index (χ1) is 13.8. The largest absolute Gasteiger partial charge is 0.872 e. The van der Waals surface area contributed by atoms with Gasteiger partial charge in [-0.3, -0.25) is 9.59 Å². The van der Waals surface area contributed by atoms with Crippen LogP contribution < -0.4 is 26.6 Å². The molecule has 2 aromatic carbocycles. The van der Waals surface area contributed by atoms with Crippen LogP contribution in [0.1, 0.15) is 11.1 Å². The van der Waals surface area contributed by atoms with Gasteiger partial charge in [-0.25, -0.2) is 0 Å². The van der Waals surface area contributed by atoms with Crippen molar-refractivity contribution in [3.8, 4) is 5.75 Å². The highest BCUT2D eigenvalue weighted by Crippen LogP contribution is 2.09. The van der Waals surface area contributed by atoms with E-state index in [9.17, 15) is 24.6 Å². The average molecular weight is 395 g/mol. The van der Waals surface area contributed by atoms with E-state index < -0.39 is 29.9 Å². The number of nitrogens with one attached hydrogen (secondary N) is 2. The highest BCUT2D eigenvalue weighted by Gasteiger charge is 2.20. The predicted octanol–water partition coefficient (Wildman–Crippen LogP) is -1.26. The summed E-state index contributed by atoms with van der Waals surface area (Å²) in [7, 11) is 0. The minimum Gasteiger partial charge on any atom is -0.872 e. The lowest BCUT2D eigenvalue weighted by Gasteiger charge is -2.21. The second kappa shape index (κ2) is 10.0. The first kappa shape index (κ1) is 21.6. The van der Waals surface area contributed by atoms with Crippen LogP contribution in [0.15, 0.2) is 66.9 Å². The summed E-state index contributed by atoms with van der Waals surface area (Å²) in [5.41, 5.74) is 6.87. The molecule has 0 aliphatic rings. The number of carbonyl (C=O) groups is 3. The van der Waals surface area contributed by atoms with Crippen LogP contribution in [0.5, 0.6) is 5.75 Å². The van der Waals surface area contributed by atoms with Crippen LogP contribution in [-0.2, 0) is 27.2 Å². The van der Waals surface area contributed by atoms with Crippen molar-refractivity contribution in [1.29, 1.82) is 0 Å². The topological polar surface area (TPSA) is 147 Å². The van der Waals surface area contributed by atoms with Gasteiger partial charge >= 0.3 is 0 Å². The summed E-state index contributed by atoms with van der Waals surface area (Å²) in [6.45, 7) is 3.46. The lowest BCUT2D eigenvalue weighted by molar-refractivity contribution is -0.308. The van der Waals surface area contributed by atoms with Crippen LogP contribution in [0.3, 0.4) is 0 Å². The fourth-order valence-corrected chi connectivity index (χ4v) is 2.56. The highest BCUT2D eigenvalue weighted by atomic mass is 16.4. The van der Waals surface area contributed by atoms with Gasteiger partial charge in [-0.05, 0) is 24.0 Å². The fourth-order valence-electron chi connectivity index (χ4n) is 2.56. The quantitative estimate of drug-likeness (QED) is 0.451. The Morgan fingerprint density at radius 2 is 1.55 bits per heavy atom. The van der Waals surface area contributed by atoms with E-state index in [0.717, 1.165) is 0 Å². The van der Waals surface area contributed by atoms with E-state index in [4.69, 9.17) is 5.73 Å². The fraction of sp³-hybridized carbons (Fsp3) is 0.190. The van der Waals surface area contributed by atoms with Crippen molar-refractivity contribution < 1.29 is 24.6 Å². The lowest BCUT2D eigenvalue weighted by atomic mass is 10.1. The Morgan fingerprint density at radius 1 is 0.966 bits per heavy atom. The van der Waals surface area contributed by atoms with Gasteiger partial charge in [0.25, 0.3) is 5.91 Å². The second-order valence-electron chi connectivity index (χ2n) is 6.46. The molecule has 8 nitrogen and oxygen atoms in total. The zero-order valence-electron chi connectivity index (χ0n) is 15.6. The molecule has 29 heavy (non-hydrogen) atoms. The summed E-state index contributed by atoms with van der Waals surface area (Å²) >= 11 is 0. The van der Waals surface area contributed by atoms with Gasteiger partial charge in [-0.15, -0.1) is 5.75 Å². The Hall–Kier alpha value is -3.65. The number of amides is 2. The molecule has 0 saturated carbocycles. The second-order valence-corrected chi connectivity index (χ2v) is 6.46. The van der Waals surface area contributed by atoms with Gasteiger partial charge in [0, 0.05) is 0 Å². The number of benzene rings is 2. The third-order valence-corrected chi connectivity index (χ3v) is 4.14. The Bertz CT molecular complexity index is 881. The molecule has 0 radical (unpaired) electrons. The van der Waals surface area contributed by atoms with Crippen molar-refractivity contribution in [3.05, 3.63) is 78.0 Å². The molecule has 2 rings (SSSR count). The van der Waals surface area contributed by atoms with E-state index >= 15 is 0 Å². The van der Waals surface area contributed by atoms with Crippen LogP contribution in [0.4, 0.5) is 0 Å². The number of rotatable bonds is 9. The summed E-state index contributed by atoms with van der Waals surface area (Å²) in [6, 6.07) is 12.3. The molecular weight excluding hydrogens is 374 g/mol. The molecule has 0 aliphatic heterocycles. The van der Waals surface area contributed by atoms with E-state index in [-0.39, 0.29) is 24.3 Å². The molecule has 8 heteroatoms. The molecule has 0 fully saturated rings. The Morgan fingerprint density at radius 3 is 2.14 bits per heavy atom. The smallest absolute Gasteiger partial charge is 0.267 e. The summed E-state index contributed by atoms with van der Waals surface area (Å²) < 4.78 is 0. The number of carboxylic acid groups (broad SMARTS) is 1. The molecule has 2 atom stereocenters. The molecule has 152 valence electrons. The average Bonchev–Trinajstić information content (AvgIpc) is 2.69. The van der Waals surface area contributed by atoms with Crippen LogP contribution in [0, 0.1) is 0 Å². The van der Waals surface area contributed by atoms with E-state index in [1.165, 1.54) is 12.1 Å². The van der Waals surface area contributed by atoms with Crippen molar-refractivity contribution in [2.24, 2.45) is 5.73 Å². The van der Waals surface area contributed by atoms with Gasteiger partial charge in [0.2, 0.25) is 5.91 Å². The molecule has 0 bridgehead atoms. The van der Waals surface area contributed by atoms with Gasteiger partial charge in [0.05, 0.1) is 23.8 Å². The van der Waals surface area contributed by atoms with E-state index in [2.05, 4.69) is 17.2 Å². The molecule has 0 aromatic heterocycles. The molecule has 0 unspecified atom stereocenters. The maximum Gasteiger partial charge on any atom is 0.267 e. The normalized spacial score (nSPS) is 12.4. The maximum atomic E-state index is 12.2. The molecule has 4 N–H and O–H groups in total. The third-order valence-electron chi connectivity index (χ3n) is 4.14. The van der Waals surface area contributed by atoms with Gasteiger partial charge in [0.1, 0.15) is 0 Å². The van der Waals surface area contributed by atoms with E-state index in [1.807, 2.05) is 0 Å². The maximum absolute atomic E-state index is 12.2. The number of carboxylic acids is 1. The van der Waals surface area contributed by atoms with Crippen LogP contribution in [-0.4, -0.2) is 29.9 Å². The minimum atomic E-state index is -1.46. The predicted molar refractivity (Wildman–Crippen MR) is 102 cm³/mol. The first-order valence-electron chi connectivity index (χ1n) is 8.83. The SMILES string of the molecule is C=C(NC(=O)[C@@H](N)Cc1ccc([O-])cc1)C(=O)N[C@@H](Cc1ccccc1)C(=O)[O-]. The molecule has 2 amide bonds. The van der Waals surface area contributed by atoms with Gasteiger partial charge in [-0.2, -0.15) is 0 Å². The molecule has 2 aromatic rings. The molecule has 0 aliphatic carbocycles. The summed E-state index contributed by atoms with van der Waals surface area (Å²) in [5, 5.41) is 27.0. The van der Waals surface area contributed by atoms with Crippen LogP contribution >= 0.6 is 0 Å². The Kier molecular flexibility index (Phi) is 7.50. The Labute approximate surface area is 168 Å². The van der Waals surface area contributed by atoms with E-state index in [0.29, 0.717) is 11.1 Å². The van der Waals surface area contributed by atoms with Crippen LogP contribution in [0.2, 0.25) is 0 Å². The monoisotopic (exact) mass is 395 g/mol. The van der Waals surface area contributed by atoms with Gasteiger partial charge in [-0.1, -0.05) is 61.2 Å². The van der Waals surface area contributed by atoms with Gasteiger partial charge < -0.3 is 31.4 Å². The number of nitrogens with two attached hydrogens (primary N) is 1. The minimum absolute atomic E-state index is 0.0192. The molecule has 0 spiro atoms. The molecule has 0 heterocycles. The zero-order chi connectivity index (χ0) is 21.4. The number of aliphatic carboxylic acids is 1. The van der Waals surface area contributed by atoms with Crippen molar-refractivity contribution in [1.82, 2.24) is 10.6 Å². The number of hydrogen-bond acceptors (Lipinski definition) is 6. The number of carbonyl (C=O) groups excluding carboxylic acids is 3. The summed E-state index contributed by atoms with van der Waals surface area (Å²) in [4.78, 5) is 35.7. The van der Waals surface area contributed by atoms with Crippen molar-refractivity contribution in [2.75, 3.05) is 0 Å². The van der Waals surface area contributed by atoms with E-state index in [1.54, 1.807) is 42.5 Å². The zero-order valence-corrected chi connectivity index (χ0v) is 15.6. The third kappa shape index (κ3) is 6.78. The molecular formula is C21H21N3O5-2.